The summed E-state index contributed by atoms with van der Waals surface area (Å²) in [7, 11) is 0. The third kappa shape index (κ3) is 6.32. The molecule has 1 aromatic heterocycles. The van der Waals surface area contributed by atoms with Crippen LogP contribution in [0.1, 0.15) is 31.4 Å². The van der Waals surface area contributed by atoms with Crippen LogP contribution in [-0.4, -0.2) is 23.2 Å². The number of rotatable bonds is 7. The second-order valence-corrected chi connectivity index (χ2v) is 7.12. The molecule has 0 unspecified atom stereocenters. The fourth-order valence-electron chi connectivity index (χ4n) is 2.46. The van der Waals surface area contributed by atoms with Gasteiger partial charge in [-0.2, -0.15) is 11.3 Å². The summed E-state index contributed by atoms with van der Waals surface area (Å²) in [6.45, 7) is 4.68. The smallest absolute Gasteiger partial charge is 0.315 e. The van der Waals surface area contributed by atoms with Crippen molar-refractivity contribution in [2.24, 2.45) is 0 Å². The first-order valence-corrected chi connectivity index (χ1v) is 8.74. The van der Waals surface area contributed by atoms with Gasteiger partial charge in [-0.05, 0) is 73.2 Å². The molecule has 2 aromatic rings. The van der Waals surface area contributed by atoms with Crippen molar-refractivity contribution in [2.75, 3.05) is 6.54 Å². The Morgan fingerprint density at radius 1 is 1.17 bits per heavy atom. The van der Waals surface area contributed by atoms with E-state index in [1.807, 2.05) is 26.0 Å². The molecule has 0 atom stereocenters. The van der Waals surface area contributed by atoms with Gasteiger partial charge in [0.2, 0.25) is 0 Å². The van der Waals surface area contributed by atoms with Crippen LogP contribution in [0.15, 0.2) is 41.1 Å². The molecule has 2 rings (SSSR count). The first kappa shape index (κ1) is 17.3. The predicted molar refractivity (Wildman–Crippen MR) is 95.1 cm³/mol. The monoisotopic (exact) mass is 332 g/mol. The number of phenolic OH excluding ortho intramolecular Hbond substituents is 1. The molecule has 0 aliphatic rings. The normalized spacial score (nSPS) is 11.2. The van der Waals surface area contributed by atoms with E-state index >= 15 is 0 Å². The molecule has 1 heterocycles. The van der Waals surface area contributed by atoms with Crippen molar-refractivity contribution in [2.45, 2.75) is 38.6 Å². The van der Waals surface area contributed by atoms with E-state index in [1.54, 1.807) is 23.5 Å². The largest absolute Gasteiger partial charge is 0.508 e. The van der Waals surface area contributed by atoms with Gasteiger partial charge < -0.3 is 15.7 Å². The van der Waals surface area contributed by atoms with Gasteiger partial charge in [-0.1, -0.05) is 12.1 Å². The van der Waals surface area contributed by atoms with E-state index in [0.29, 0.717) is 6.54 Å². The van der Waals surface area contributed by atoms with Gasteiger partial charge in [-0.25, -0.2) is 4.79 Å². The molecule has 1 aromatic carbocycles. The minimum Gasteiger partial charge on any atom is -0.508 e. The van der Waals surface area contributed by atoms with Crippen molar-refractivity contribution in [1.29, 1.82) is 0 Å². The highest BCUT2D eigenvalue weighted by Crippen LogP contribution is 2.15. The van der Waals surface area contributed by atoms with Gasteiger partial charge in [-0.3, -0.25) is 0 Å². The molecule has 0 saturated heterocycles. The van der Waals surface area contributed by atoms with Crippen molar-refractivity contribution >= 4 is 17.4 Å². The van der Waals surface area contributed by atoms with Crippen LogP contribution in [0.2, 0.25) is 0 Å². The lowest BCUT2D eigenvalue weighted by molar-refractivity contribution is 0.229. The van der Waals surface area contributed by atoms with E-state index < -0.39 is 0 Å². The zero-order chi connectivity index (χ0) is 16.7. The number of aryl methyl sites for hydroxylation is 1. The molecule has 0 saturated carbocycles. The van der Waals surface area contributed by atoms with Crippen LogP contribution in [0.25, 0.3) is 0 Å². The van der Waals surface area contributed by atoms with E-state index in [-0.39, 0.29) is 17.3 Å². The maximum absolute atomic E-state index is 12.0. The van der Waals surface area contributed by atoms with E-state index in [2.05, 4.69) is 27.5 Å². The second kappa shape index (κ2) is 8.02. The van der Waals surface area contributed by atoms with Gasteiger partial charge >= 0.3 is 6.03 Å². The lowest BCUT2D eigenvalue weighted by Gasteiger charge is -2.26. The third-order valence-corrected chi connectivity index (χ3v) is 4.27. The Labute approximate surface area is 141 Å². The van der Waals surface area contributed by atoms with E-state index in [0.717, 1.165) is 24.8 Å². The molecule has 2 amide bonds. The Morgan fingerprint density at radius 3 is 2.57 bits per heavy atom. The molecule has 0 radical (unpaired) electrons. The van der Waals surface area contributed by atoms with Crippen LogP contribution in [0, 0.1) is 0 Å². The fraction of sp³-hybridized carbons (Fsp3) is 0.389. The molecule has 5 heteroatoms. The molecule has 0 bridgehead atoms. The number of phenols is 1. The van der Waals surface area contributed by atoms with Crippen LogP contribution < -0.4 is 10.6 Å². The molecular weight excluding hydrogens is 308 g/mol. The van der Waals surface area contributed by atoms with Crippen molar-refractivity contribution in [3.05, 3.63) is 52.2 Å². The summed E-state index contributed by atoms with van der Waals surface area (Å²) in [5, 5.41) is 19.3. The number of carbonyl (C=O) groups is 1. The highest BCUT2D eigenvalue weighted by molar-refractivity contribution is 7.07. The van der Waals surface area contributed by atoms with Gasteiger partial charge in [0.05, 0.1) is 0 Å². The summed E-state index contributed by atoms with van der Waals surface area (Å²) in [6, 6.07) is 9.13. The number of aromatic hydroxyl groups is 1. The molecule has 0 aliphatic carbocycles. The van der Waals surface area contributed by atoms with Crippen molar-refractivity contribution in [1.82, 2.24) is 10.6 Å². The first-order valence-electron chi connectivity index (χ1n) is 7.80. The van der Waals surface area contributed by atoms with E-state index in [1.165, 1.54) is 5.56 Å². The molecule has 0 aliphatic heterocycles. The number of thiophene rings is 1. The number of benzene rings is 1. The van der Waals surface area contributed by atoms with Crippen LogP contribution in [-0.2, 0) is 12.8 Å². The van der Waals surface area contributed by atoms with Gasteiger partial charge in [-0.15, -0.1) is 0 Å². The quantitative estimate of drug-likeness (QED) is 0.677. The van der Waals surface area contributed by atoms with E-state index in [9.17, 15) is 9.90 Å². The lowest BCUT2D eigenvalue weighted by Crippen LogP contribution is -2.49. The average molecular weight is 332 g/mol. The highest BCUT2D eigenvalue weighted by Gasteiger charge is 2.20. The molecule has 124 valence electrons. The summed E-state index contributed by atoms with van der Waals surface area (Å²) < 4.78 is 0. The highest BCUT2D eigenvalue weighted by atomic mass is 32.1. The van der Waals surface area contributed by atoms with Crippen molar-refractivity contribution in [3.8, 4) is 5.75 Å². The van der Waals surface area contributed by atoms with Crippen LogP contribution in [0.4, 0.5) is 4.79 Å². The Kier molecular flexibility index (Phi) is 6.04. The average Bonchev–Trinajstić information content (AvgIpc) is 2.97. The van der Waals surface area contributed by atoms with Gasteiger partial charge in [0.1, 0.15) is 5.75 Å². The summed E-state index contributed by atoms with van der Waals surface area (Å²) in [6.07, 6.45) is 2.55. The predicted octanol–water partition coefficient (Wildman–Crippen LogP) is 3.71. The van der Waals surface area contributed by atoms with Gasteiger partial charge in [0.15, 0.2) is 0 Å². The van der Waals surface area contributed by atoms with E-state index in [4.69, 9.17) is 0 Å². The van der Waals surface area contributed by atoms with Crippen LogP contribution in [0.5, 0.6) is 5.75 Å². The summed E-state index contributed by atoms with van der Waals surface area (Å²) in [5.41, 5.74) is 2.12. The molecule has 4 nitrogen and oxygen atoms in total. The molecule has 0 fully saturated rings. The number of urea groups is 1. The Balaban J connectivity index is 1.67. The fourth-order valence-corrected chi connectivity index (χ4v) is 3.12. The van der Waals surface area contributed by atoms with Gasteiger partial charge in [0.25, 0.3) is 0 Å². The Morgan fingerprint density at radius 2 is 1.91 bits per heavy atom. The minimum atomic E-state index is -0.276. The number of amides is 2. The second-order valence-electron chi connectivity index (χ2n) is 6.34. The minimum absolute atomic E-state index is 0.129. The number of hydrogen-bond donors (Lipinski definition) is 3. The number of carbonyl (C=O) groups excluding carboxylic acids is 1. The maximum Gasteiger partial charge on any atom is 0.315 e. The standard InChI is InChI=1S/C18H24N2O2S/c1-18(2,12-15-9-11-23-13-15)20-17(22)19-10-3-4-14-5-7-16(21)8-6-14/h5-9,11,13,21H,3-4,10,12H2,1-2H3,(H2,19,20,22). The maximum atomic E-state index is 12.0. The topological polar surface area (TPSA) is 61.4 Å². The number of hydrogen-bond acceptors (Lipinski definition) is 3. The van der Waals surface area contributed by atoms with Crippen molar-refractivity contribution < 1.29 is 9.90 Å². The molecule has 3 N–H and O–H groups in total. The summed E-state index contributed by atoms with van der Waals surface area (Å²) in [5.74, 6) is 0.277. The lowest BCUT2D eigenvalue weighted by atomic mass is 9.97. The zero-order valence-corrected chi connectivity index (χ0v) is 14.5. The van der Waals surface area contributed by atoms with Gasteiger partial charge in [0, 0.05) is 12.1 Å². The zero-order valence-electron chi connectivity index (χ0n) is 13.6. The Bertz CT molecular complexity index is 606. The number of nitrogens with one attached hydrogen (secondary N) is 2. The van der Waals surface area contributed by atoms with Crippen molar-refractivity contribution in [3.63, 3.8) is 0 Å². The molecule has 0 spiro atoms. The first-order chi connectivity index (χ1) is 10.9. The van der Waals surface area contributed by atoms with Crippen LogP contribution >= 0.6 is 11.3 Å². The molecule has 23 heavy (non-hydrogen) atoms. The Hall–Kier alpha value is -2.01. The third-order valence-electron chi connectivity index (χ3n) is 3.54. The summed E-state index contributed by atoms with van der Waals surface area (Å²) in [4.78, 5) is 12.0. The SMILES string of the molecule is CC(C)(Cc1ccsc1)NC(=O)NCCCc1ccc(O)cc1. The summed E-state index contributed by atoms with van der Waals surface area (Å²) >= 11 is 1.67. The molecular formula is C18H24N2O2S. The van der Waals surface area contributed by atoms with Crippen LogP contribution in [0.3, 0.4) is 0 Å².